The molecule has 1 aliphatic carbocycles. The minimum absolute atomic E-state index is 0.0433. The van der Waals surface area contributed by atoms with Gasteiger partial charge in [0.2, 0.25) is 0 Å². The standard InChI is InChI=1S/C16H21N3O2/c20-16-19(13-6-1-2-7-13)14-10-18(11-15(14)21-16)9-12-5-3-4-8-17-12/h3-5,8,13-15H,1-2,6-7,9-11H2/t14-,15+/m0/s1. The SMILES string of the molecule is O=C1O[C@@H]2CN(Cc3ccccn3)C[C@@H]2N1C1CCCC1. The van der Waals surface area contributed by atoms with E-state index in [1.54, 1.807) is 0 Å². The molecule has 0 spiro atoms. The lowest BCUT2D eigenvalue weighted by molar-refractivity contribution is 0.113. The van der Waals surface area contributed by atoms with Crippen molar-refractivity contribution in [1.29, 1.82) is 0 Å². The lowest BCUT2D eigenvalue weighted by atomic mass is 10.1. The van der Waals surface area contributed by atoms with Gasteiger partial charge in [-0.1, -0.05) is 18.9 Å². The van der Waals surface area contributed by atoms with Gasteiger partial charge in [-0.3, -0.25) is 14.8 Å². The molecule has 0 bridgehead atoms. The number of fused-ring (bicyclic) bond motifs is 1. The van der Waals surface area contributed by atoms with E-state index < -0.39 is 0 Å². The third-order valence-corrected chi connectivity index (χ3v) is 4.96. The third kappa shape index (κ3) is 2.39. The molecular formula is C16H21N3O2. The Hall–Kier alpha value is -1.62. The maximum absolute atomic E-state index is 12.1. The first-order valence-electron chi connectivity index (χ1n) is 7.92. The van der Waals surface area contributed by atoms with Crippen LogP contribution in [-0.2, 0) is 11.3 Å². The topological polar surface area (TPSA) is 45.7 Å². The Balaban J connectivity index is 1.44. The van der Waals surface area contributed by atoms with Gasteiger partial charge >= 0.3 is 6.09 Å². The van der Waals surface area contributed by atoms with Gasteiger partial charge in [0.15, 0.2) is 0 Å². The molecule has 0 N–H and O–H groups in total. The molecule has 1 saturated carbocycles. The van der Waals surface area contributed by atoms with Crippen LogP contribution in [0.3, 0.4) is 0 Å². The van der Waals surface area contributed by atoms with Crippen molar-refractivity contribution in [2.75, 3.05) is 13.1 Å². The van der Waals surface area contributed by atoms with Crippen LogP contribution in [-0.4, -0.2) is 52.2 Å². The van der Waals surface area contributed by atoms with Crippen LogP contribution in [0.5, 0.6) is 0 Å². The molecule has 0 radical (unpaired) electrons. The van der Waals surface area contributed by atoms with Gasteiger partial charge in [-0.05, 0) is 25.0 Å². The summed E-state index contributed by atoms with van der Waals surface area (Å²) in [6, 6.07) is 6.65. The number of ether oxygens (including phenoxy) is 1. The Morgan fingerprint density at radius 3 is 2.86 bits per heavy atom. The van der Waals surface area contributed by atoms with E-state index in [4.69, 9.17) is 4.74 Å². The van der Waals surface area contributed by atoms with Crippen molar-refractivity contribution >= 4 is 6.09 Å². The molecule has 1 aromatic rings. The number of rotatable bonds is 3. The fourth-order valence-corrected chi connectivity index (χ4v) is 3.99. The molecule has 4 rings (SSSR count). The van der Waals surface area contributed by atoms with Crippen LogP contribution >= 0.6 is 0 Å². The van der Waals surface area contributed by atoms with Crippen LogP contribution < -0.4 is 0 Å². The van der Waals surface area contributed by atoms with E-state index in [0.29, 0.717) is 6.04 Å². The number of hydrogen-bond donors (Lipinski definition) is 0. The molecule has 0 aromatic carbocycles. The van der Waals surface area contributed by atoms with Crippen molar-refractivity contribution in [3.63, 3.8) is 0 Å². The monoisotopic (exact) mass is 287 g/mol. The largest absolute Gasteiger partial charge is 0.442 e. The predicted octanol–water partition coefficient (Wildman–Crippen LogP) is 2.03. The first-order chi connectivity index (χ1) is 10.3. The molecule has 1 amide bonds. The van der Waals surface area contributed by atoms with Gasteiger partial charge < -0.3 is 4.74 Å². The van der Waals surface area contributed by atoms with E-state index in [-0.39, 0.29) is 18.2 Å². The zero-order valence-electron chi connectivity index (χ0n) is 12.1. The van der Waals surface area contributed by atoms with E-state index in [2.05, 4.69) is 16.0 Å². The number of aromatic nitrogens is 1. The average Bonchev–Trinajstić information content (AvgIpc) is 3.16. The normalized spacial score (nSPS) is 29.9. The lowest BCUT2D eigenvalue weighted by Gasteiger charge is -2.27. The highest BCUT2D eigenvalue weighted by Crippen LogP contribution is 2.34. The Kier molecular flexibility index (Phi) is 3.30. The summed E-state index contributed by atoms with van der Waals surface area (Å²) in [6.07, 6.45) is 6.54. The van der Waals surface area contributed by atoms with Crippen molar-refractivity contribution in [2.24, 2.45) is 0 Å². The number of pyridine rings is 1. The number of carbonyl (C=O) groups excluding carboxylic acids is 1. The summed E-state index contributed by atoms with van der Waals surface area (Å²) in [5.41, 5.74) is 1.08. The van der Waals surface area contributed by atoms with Crippen molar-refractivity contribution < 1.29 is 9.53 Å². The molecule has 0 unspecified atom stereocenters. The van der Waals surface area contributed by atoms with Gasteiger partial charge in [-0.2, -0.15) is 0 Å². The number of likely N-dealkylation sites (tertiary alicyclic amines) is 1. The van der Waals surface area contributed by atoms with Crippen molar-refractivity contribution in [3.8, 4) is 0 Å². The molecular weight excluding hydrogens is 266 g/mol. The maximum Gasteiger partial charge on any atom is 0.410 e. The van der Waals surface area contributed by atoms with Crippen LogP contribution in [0.15, 0.2) is 24.4 Å². The smallest absolute Gasteiger partial charge is 0.410 e. The van der Waals surface area contributed by atoms with E-state index in [0.717, 1.165) is 38.2 Å². The van der Waals surface area contributed by atoms with Crippen LogP contribution in [0.2, 0.25) is 0 Å². The molecule has 21 heavy (non-hydrogen) atoms. The van der Waals surface area contributed by atoms with Gasteiger partial charge in [0.1, 0.15) is 6.10 Å². The Labute approximate surface area is 124 Å². The summed E-state index contributed by atoms with van der Waals surface area (Å²) in [7, 11) is 0. The fourth-order valence-electron chi connectivity index (χ4n) is 3.99. The van der Waals surface area contributed by atoms with Crippen molar-refractivity contribution in [3.05, 3.63) is 30.1 Å². The second-order valence-corrected chi connectivity index (χ2v) is 6.35. The summed E-state index contributed by atoms with van der Waals surface area (Å²) < 4.78 is 5.60. The van der Waals surface area contributed by atoms with Gasteiger partial charge in [0, 0.05) is 31.9 Å². The van der Waals surface area contributed by atoms with Crippen LogP contribution in [0.1, 0.15) is 31.4 Å². The molecule has 3 aliphatic rings. The summed E-state index contributed by atoms with van der Waals surface area (Å²) in [5, 5.41) is 0. The number of amides is 1. The van der Waals surface area contributed by atoms with Crippen molar-refractivity contribution in [2.45, 2.75) is 50.4 Å². The Morgan fingerprint density at radius 1 is 1.24 bits per heavy atom. The van der Waals surface area contributed by atoms with E-state index >= 15 is 0 Å². The maximum atomic E-state index is 12.1. The highest BCUT2D eigenvalue weighted by atomic mass is 16.6. The van der Waals surface area contributed by atoms with E-state index in [9.17, 15) is 4.79 Å². The van der Waals surface area contributed by atoms with Crippen LogP contribution in [0.4, 0.5) is 4.79 Å². The molecule has 5 nitrogen and oxygen atoms in total. The number of nitrogens with zero attached hydrogens (tertiary/aromatic N) is 3. The van der Waals surface area contributed by atoms with Gasteiger partial charge in [-0.25, -0.2) is 4.79 Å². The Bertz CT molecular complexity index is 516. The summed E-state index contributed by atoms with van der Waals surface area (Å²) in [4.78, 5) is 20.9. The predicted molar refractivity (Wildman–Crippen MR) is 77.7 cm³/mol. The zero-order valence-corrected chi connectivity index (χ0v) is 12.1. The first-order valence-corrected chi connectivity index (χ1v) is 7.92. The van der Waals surface area contributed by atoms with Crippen LogP contribution in [0, 0.1) is 0 Å². The highest BCUT2D eigenvalue weighted by Gasteiger charge is 2.50. The van der Waals surface area contributed by atoms with E-state index in [1.807, 2.05) is 23.2 Å². The molecule has 3 fully saturated rings. The zero-order chi connectivity index (χ0) is 14.2. The molecule has 2 atom stereocenters. The first kappa shape index (κ1) is 13.1. The summed E-state index contributed by atoms with van der Waals surface area (Å²) in [5.74, 6) is 0. The fraction of sp³-hybridized carbons (Fsp3) is 0.625. The van der Waals surface area contributed by atoms with Gasteiger partial charge in [0.25, 0.3) is 0 Å². The molecule has 5 heteroatoms. The average molecular weight is 287 g/mol. The third-order valence-electron chi connectivity index (χ3n) is 4.96. The lowest BCUT2D eigenvalue weighted by Crippen LogP contribution is -2.43. The van der Waals surface area contributed by atoms with Gasteiger partial charge in [0.05, 0.1) is 11.7 Å². The summed E-state index contributed by atoms with van der Waals surface area (Å²) in [6.45, 7) is 2.57. The highest BCUT2D eigenvalue weighted by molar-refractivity contribution is 5.71. The second-order valence-electron chi connectivity index (χ2n) is 6.35. The molecule has 2 aliphatic heterocycles. The van der Waals surface area contributed by atoms with Crippen LogP contribution in [0.25, 0.3) is 0 Å². The minimum Gasteiger partial charge on any atom is -0.442 e. The Morgan fingerprint density at radius 2 is 2.10 bits per heavy atom. The van der Waals surface area contributed by atoms with Gasteiger partial charge in [-0.15, -0.1) is 0 Å². The minimum atomic E-state index is -0.0885. The quantitative estimate of drug-likeness (QED) is 0.853. The molecule has 3 heterocycles. The second kappa shape index (κ2) is 5.30. The molecule has 1 aromatic heterocycles. The summed E-state index contributed by atoms with van der Waals surface area (Å²) >= 11 is 0. The molecule has 2 saturated heterocycles. The van der Waals surface area contributed by atoms with E-state index in [1.165, 1.54) is 12.8 Å². The number of carbonyl (C=O) groups is 1. The molecule has 112 valence electrons. The number of hydrogen-bond acceptors (Lipinski definition) is 4. The van der Waals surface area contributed by atoms with Crippen molar-refractivity contribution in [1.82, 2.24) is 14.8 Å².